The summed E-state index contributed by atoms with van der Waals surface area (Å²) in [6.07, 6.45) is 7.17. The van der Waals surface area contributed by atoms with E-state index < -0.39 is 6.04 Å². The summed E-state index contributed by atoms with van der Waals surface area (Å²) >= 11 is 0. The van der Waals surface area contributed by atoms with Crippen LogP contribution in [-0.2, 0) is 4.79 Å². The van der Waals surface area contributed by atoms with Gasteiger partial charge in [0.1, 0.15) is 6.04 Å². The lowest BCUT2D eigenvalue weighted by Gasteiger charge is -2.14. The minimum absolute atomic E-state index is 0.127. The molecule has 4 nitrogen and oxygen atoms in total. The number of nitrogens with one attached hydrogen (secondary N) is 2. The standard InChI is InChI=1S/C18H28N2O2/c1-3-4-5-6-7-11-14-19-17(21)15(2)20-18(22)16-12-9-8-10-13-16/h8-10,12-13,15H,3-7,11,14H2,1-2H3,(H,19,21)(H,20,22). The van der Waals surface area contributed by atoms with Gasteiger partial charge in [-0.15, -0.1) is 0 Å². The van der Waals surface area contributed by atoms with E-state index in [0.717, 1.165) is 12.8 Å². The first-order chi connectivity index (χ1) is 10.6. The highest BCUT2D eigenvalue weighted by molar-refractivity contribution is 5.97. The van der Waals surface area contributed by atoms with E-state index in [1.807, 2.05) is 6.07 Å². The van der Waals surface area contributed by atoms with Crippen molar-refractivity contribution in [3.8, 4) is 0 Å². The molecule has 0 saturated heterocycles. The lowest BCUT2D eigenvalue weighted by Crippen LogP contribution is -2.45. The molecule has 0 aliphatic rings. The smallest absolute Gasteiger partial charge is 0.251 e. The van der Waals surface area contributed by atoms with Crippen LogP contribution in [0.2, 0.25) is 0 Å². The predicted octanol–water partition coefficient (Wildman–Crippen LogP) is 3.28. The summed E-state index contributed by atoms with van der Waals surface area (Å²) in [6.45, 7) is 4.58. The van der Waals surface area contributed by atoms with Gasteiger partial charge >= 0.3 is 0 Å². The molecule has 1 rings (SSSR count). The van der Waals surface area contributed by atoms with Gasteiger partial charge in [0.15, 0.2) is 0 Å². The van der Waals surface area contributed by atoms with Gasteiger partial charge < -0.3 is 10.6 Å². The third kappa shape index (κ3) is 7.25. The molecule has 0 aliphatic heterocycles. The first kappa shape index (κ1) is 18.2. The lowest BCUT2D eigenvalue weighted by atomic mass is 10.1. The summed E-state index contributed by atoms with van der Waals surface area (Å²) in [5.41, 5.74) is 0.568. The molecular weight excluding hydrogens is 276 g/mol. The number of hydrogen-bond acceptors (Lipinski definition) is 2. The Morgan fingerprint density at radius 1 is 1.00 bits per heavy atom. The van der Waals surface area contributed by atoms with E-state index in [4.69, 9.17) is 0 Å². The van der Waals surface area contributed by atoms with Crippen LogP contribution in [0.25, 0.3) is 0 Å². The number of carbonyl (C=O) groups is 2. The van der Waals surface area contributed by atoms with Crippen molar-refractivity contribution in [2.45, 2.75) is 58.4 Å². The van der Waals surface area contributed by atoms with E-state index in [1.54, 1.807) is 31.2 Å². The number of benzene rings is 1. The molecule has 0 aromatic heterocycles. The molecule has 0 heterocycles. The fourth-order valence-corrected chi connectivity index (χ4v) is 2.21. The highest BCUT2D eigenvalue weighted by atomic mass is 16.2. The largest absolute Gasteiger partial charge is 0.354 e. The summed E-state index contributed by atoms with van der Waals surface area (Å²) in [5.74, 6) is -0.347. The van der Waals surface area contributed by atoms with Gasteiger partial charge in [0.05, 0.1) is 0 Å². The molecule has 122 valence electrons. The second-order valence-electron chi connectivity index (χ2n) is 5.62. The molecule has 0 aliphatic carbocycles. The average molecular weight is 304 g/mol. The average Bonchev–Trinajstić information content (AvgIpc) is 2.54. The Kier molecular flexibility index (Phi) is 8.96. The van der Waals surface area contributed by atoms with E-state index in [2.05, 4.69) is 17.6 Å². The topological polar surface area (TPSA) is 58.2 Å². The fourth-order valence-electron chi connectivity index (χ4n) is 2.21. The van der Waals surface area contributed by atoms with E-state index >= 15 is 0 Å². The predicted molar refractivity (Wildman–Crippen MR) is 89.8 cm³/mol. The molecule has 1 aromatic carbocycles. The van der Waals surface area contributed by atoms with Crippen molar-refractivity contribution in [1.82, 2.24) is 10.6 Å². The van der Waals surface area contributed by atoms with Gasteiger partial charge in [-0.25, -0.2) is 0 Å². The first-order valence-electron chi connectivity index (χ1n) is 8.28. The maximum atomic E-state index is 11.9. The van der Waals surface area contributed by atoms with Crippen LogP contribution in [0.5, 0.6) is 0 Å². The zero-order valence-electron chi connectivity index (χ0n) is 13.7. The summed E-state index contributed by atoms with van der Waals surface area (Å²) < 4.78 is 0. The van der Waals surface area contributed by atoms with Crippen molar-refractivity contribution in [2.75, 3.05) is 6.54 Å². The van der Waals surface area contributed by atoms with Crippen LogP contribution in [0.4, 0.5) is 0 Å². The monoisotopic (exact) mass is 304 g/mol. The van der Waals surface area contributed by atoms with Crippen LogP contribution < -0.4 is 10.6 Å². The minimum atomic E-state index is -0.521. The maximum absolute atomic E-state index is 11.9. The zero-order valence-corrected chi connectivity index (χ0v) is 13.7. The number of hydrogen-bond donors (Lipinski definition) is 2. The molecule has 22 heavy (non-hydrogen) atoms. The van der Waals surface area contributed by atoms with Gasteiger partial charge in [-0.05, 0) is 25.5 Å². The van der Waals surface area contributed by atoms with Gasteiger partial charge in [-0.2, -0.15) is 0 Å². The van der Waals surface area contributed by atoms with Crippen molar-refractivity contribution in [2.24, 2.45) is 0 Å². The Bertz CT molecular complexity index is 446. The first-order valence-corrected chi connectivity index (χ1v) is 8.28. The minimum Gasteiger partial charge on any atom is -0.354 e. The second-order valence-corrected chi connectivity index (χ2v) is 5.62. The molecule has 2 amide bonds. The van der Waals surface area contributed by atoms with Crippen LogP contribution in [0.3, 0.4) is 0 Å². The van der Waals surface area contributed by atoms with Crippen molar-refractivity contribution < 1.29 is 9.59 Å². The number of unbranched alkanes of at least 4 members (excludes halogenated alkanes) is 5. The quantitative estimate of drug-likeness (QED) is 0.652. The van der Waals surface area contributed by atoms with Crippen LogP contribution in [0.15, 0.2) is 30.3 Å². The molecule has 1 unspecified atom stereocenters. The highest BCUT2D eigenvalue weighted by Crippen LogP contribution is 2.04. The summed E-state index contributed by atoms with van der Waals surface area (Å²) in [5, 5.41) is 5.59. The van der Waals surface area contributed by atoms with Gasteiger partial charge in [-0.3, -0.25) is 9.59 Å². The summed E-state index contributed by atoms with van der Waals surface area (Å²) in [6, 6.07) is 8.41. The Morgan fingerprint density at radius 2 is 1.64 bits per heavy atom. The molecule has 1 atom stereocenters. The number of rotatable bonds is 10. The van der Waals surface area contributed by atoms with E-state index in [1.165, 1.54) is 25.7 Å². The third-order valence-corrected chi connectivity index (χ3v) is 3.61. The Balaban J connectivity index is 2.18. The normalized spacial score (nSPS) is 11.7. The summed E-state index contributed by atoms with van der Waals surface area (Å²) in [7, 11) is 0. The number of carbonyl (C=O) groups excluding carboxylic acids is 2. The van der Waals surface area contributed by atoms with Crippen LogP contribution in [-0.4, -0.2) is 24.4 Å². The van der Waals surface area contributed by atoms with Gasteiger partial charge in [0.25, 0.3) is 5.91 Å². The molecule has 1 aromatic rings. The maximum Gasteiger partial charge on any atom is 0.251 e. The Morgan fingerprint density at radius 3 is 2.32 bits per heavy atom. The molecule has 0 radical (unpaired) electrons. The molecule has 0 spiro atoms. The SMILES string of the molecule is CCCCCCCCNC(=O)C(C)NC(=O)c1ccccc1. The van der Waals surface area contributed by atoms with Crippen molar-refractivity contribution in [3.63, 3.8) is 0 Å². The fraction of sp³-hybridized carbons (Fsp3) is 0.556. The lowest BCUT2D eigenvalue weighted by molar-refractivity contribution is -0.122. The molecule has 4 heteroatoms. The van der Waals surface area contributed by atoms with E-state index in [0.29, 0.717) is 12.1 Å². The van der Waals surface area contributed by atoms with Crippen LogP contribution in [0.1, 0.15) is 62.7 Å². The molecule has 2 N–H and O–H groups in total. The zero-order chi connectivity index (χ0) is 16.2. The number of amides is 2. The highest BCUT2D eigenvalue weighted by Gasteiger charge is 2.15. The third-order valence-electron chi connectivity index (χ3n) is 3.61. The van der Waals surface area contributed by atoms with Crippen LogP contribution in [0, 0.1) is 0 Å². The van der Waals surface area contributed by atoms with Crippen LogP contribution >= 0.6 is 0 Å². The van der Waals surface area contributed by atoms with E-state index in [9.17, 15) is 9.59 Å². The van der Waals surface area contributed by atoms with Crippen molar-refractivity contribution >= 4 is 11.8 Å². The molecular formula is C18H28N2O2. The van der Waals surface area contributed by atoms with Crippen molar-refractivity contribution in [1.29, 1.82) is 0 Å². The second kappa shape index (κ2) is 10.8. The van der Waals surface area contributed by atoms with Gasteiger partial charge in [0.2, 0.25) is 5.91 Å². The molecule has 0 bridgehead atoms. The Labute approximate surface area is 133 Å². The van der Waals surface area contributed by atoms with E-state index in [-0.39, 0.29) is 11.8 Å². The van der Waals surface area contributed by atoms with Gasteiger partial charge in [-0.1, -0.05) is 57.2 Å². The van der Waals surface area contributed by atoms with Gasteiger partial charge in [0, 0.05) is 12.1 Å². The molecule has 0 saturated carbocycles. The van der Waals surface area contributed by atoms with Crippen molar-refractivity contribution in [3.05, 3.63) is 35.9 Å². The summed E-state index contributed by atoms with van der Waals surface area (Å²) in [4.78, 5) is 23.9. The molecule has 0 fully saturated rings. The Hall–Kier alpha value is -1.84.